The van der Waals surface area contributed by atoms with E-state index in [1.54, 1.807) is 18.2 Å². The van der Waals surface area contributed by atoms with E-state index in [0.717, 1.165) is 6.42 Å². The largest absolute Gasteiger partial charge is 0.334 e. The number of halogens is 2. The first kappa shape index (κ1) is 16.1. The molecule has 0 aliphatic rings. The second-order valence-electron chi connectivity index (χ2n) is 4.79. The zero-order chi connectivity index (χ0) is 14.4. The van der Waals surface area contributed by atoms with Crippen LogP contribution in [0.15, 0.2) is 18.2 Å². The molecule has 0 spiro atoms. The molecule has 2 amide bonds. The molecule has 0 radical (unpaired) electrons. The molecule has 6 heteroatoms. The maximum Gasteiger partial charge on any atom is 0.319 e. The quantitative estimate of drug-likeness (QED) is 0.779. The van der Waals surface area contributed by atoms with Crippen molar-refractivity contribution in [1.82, 2.24) is 5.32 Å². The van der Waals surface area contributed by atoms with Crippen molar-refractivity contribution in [2.24, 2.45) is 11.7 Å². The van der Waals surface area contributed by atoms with Gasteiger partial charge in [-0.05, 0) is 30.5 Å². The van der Waals surface area contributed by atoms with Crippen LogP contribution in [-0.2, 0) is 0 Å². The summed E-state index contributed by atoms with van der Waals surface area (Å²) in [7, 11) is 0. The first-order valence-corrected chi connectivity index (χ1v) is 6.90. The fraction of sp³-hybridized carbons (Fsp3) is 0.462. The summed E-state index contributed by atoms with van der Waals surface area (Å²) in [5, 5.41) is 6.38. The van der Waals surface area contributed by atoms with Crippen molar-refractivity contribution in [2.45, 2.75) is 26.3 Å². The number of nitrogens with one attached hydrogen (secondary N) is 2. The third-order valence-electron chi connectivity index (χ3n) is 2.55. The van der Waals surface area contributed by atoms with E-state index in [9.17, 15) is 4.79 Å². The number of amides is 2. The maximum absolute atomic E-state index is 11.8. The van der Waals surface area contributed by atoms with Crippen LogP contribution >= 0.6 is 23.2 Å². The molecule has 1 atom stereocenters. The average Bonchev–Trinajstić information content (AvgIpc) is 2.32. The van der Waals surface area contributed by atoms with Crippen LogP contribution in [0.5, 0.6) is 0 Å². The fourth-order valence-electron chi connectivity index (χ4n) is 1.71. The lowest BCUT2D eigenvalue weighted by Gasteiger charge is -2.19. The van der Waals surface area contributed by atoms with E-state index in [4.69, 9.17) is 28.9 Å². The van der Waals surface area contributed by atoms with Crippen LogP contribution < -0.4 is 16.4 Å². The number of nitrogens with two attached hydrogens (primary N) is 1. The van der Waals surface area contributed by atoms with Crippen LogP contribution in [0.2, 0.25) is 10.0 Å². The lowest BCUT2D eigenvalue weighted by Crippen LogP contribution is -2.43. The Bertz CT molecular complexity index is 438. The Hall–Kier alpha value is -0.970. The van der Waals surface area contributed by atoms with E-state index in [1.165, 1.54) is 0 Å². The van der Waals surface area contributed by atoms with Crippen molar-refractivity contribution in [3.8, 4) is 0 Å². The van der Waals surface area contributed by atoms with E-state index in [0.29, 0.717) is 28.2 Å². The Morgan fingerprint density at radius 2 is 2.00 bits per heavy atom. The molecule has 0 fully saturated rings. The monoisotopic (exact) mass is 303 g/mol. The predicted octanol–water partition coefficient (Wildman–Crippen LogP) is 3.49. The Kier molecular flexibility index (Phi) is 6.42. The number of anilines is 1. The van der Waals surface area contributed by atoms with Gasteiger partial charge in [0.25, 0.3) is 0 Å². The van der Waals surface area contributed by atoms with Gasteiger partial charge < -0.3 is 16.4 Å². The van der Waals surface area contributed by atoms with Gasteiger partial charge in [-0.1, -0.05) is 37.0 Å². The first-order chi connectivity index (χ1) is 8.92. The SMILES string of the molecule is CC(C)CC(CN)NC(=O)Nc1ccc(Cl)c(Cl)c1. The van der Waals surface area contributed by atoms with Crippen LogP contribution in [-0.4, -0.2) is 18.6 Å². The Balaban J connectivity index is 2.56. The fourth-order valence-corrected chi connectivity index (χ4v) is 2.01. The van der Waals surface area contributed by atoms with Gasteiger partial charge in [-0.3, -0.25) is 0 Å². The van der Waals surface area contributed by atoms with E-state index >= 15 is 0 Å². The highest BCUT2D eigenvalue weighted by atomic mass is 35.5. The number of hydrogen-bond donors (Lipinski definition) is 3. The van der Waals surface area contributed by atoms with Crippen LogP contribution in [0.1, 0.15) is 20.3 Å². The number of urea groups is 1. The molecular formula is C13H19Cl2N3O. The van der Waals surface area contributed by atoms with Gasteiger partial charge in [-0.15, -0.1) is 0 Å². The maximum atomic E-state index is 11.8. The second-order valence-corrected chi connectivity index (χ2v) is 5.60. The highest BCUT2D eigenvalue weighted by molar-refractivity contribution is 6.42. The number of rotatable bonds is 5. The molecule has 0 saturated carbocycles. The summed E-state index contributed by atoms with van der Waals surface area (Å²) < 4.78 is 0. The van der Waals surface area contributed by atoms with E-state index in [2.05, 4.69) is 24.5 Å². The molecule has 1 unspecified atom stereocenters. The minimum atomic E-state index is -0.297. The van der Waals surface area contributed by atoms with Crippen molar-refractivity contribution >= 4 is 34.9 Å². The molecule has 0 aliphatic carbocycles. The number of carbonyl (C=O) groups excluding carboxylic acids is 1. The molecule has 106 valence electrons. The van der Waals surface area contributed by atoms with Gasteiger partial charge in [0.05, 0.1) is 10.0 Å². The van der Waals surface area contributed by atoms with Crippen LogP contribution in [0.3, 0.4) is 0 Å². The van der Waals surface area contributed by atoms with Crippen LogP contribution in [0, 0.1) is 5.92 Å². The van der Waals surface area contributed by atoms with E-state index in [1.807, 2.05) is 0 Å². The standard InChI is InChI=1S/C13H19Cl2N3O/c1-8(2)5-10(7-16)18-13(19)17-9-3-4-11(14)12(15)6-9/h3-4,6,8,10H,5,7,16H2,1-2H3,(H2,17,18,19). The highest BCUT2D eigenvalue weighted by Gasteiger charge is 2.12. The summed E-state index contributed by atoms with van der Waals surface area (Å²) in [6, 6.07) is 4.59. The Labute approximate surface area is 123 Å². The highest BCUT2D eigenvalue weighted by Crippen LogP contribution is 2.24. The van der Waals surface area contributed by atoms with Crippen molar-refractivity contribution in [2.75, 3.05) is 11.9 Å². The Morgan fingerprint density at radius 3 is 2.53 bits per heavy atom. The molecule has 1 rings (SSSR count). The summed E-state index contributed by atoms with van der Waals surface area (Å²) in [5.74, 6) is 0.471. The molecule has 0 aliphatic heterocycles. The molecule has 19 heavy (non-hydrogen) atoms. The zero-order valence-electron chi connectivity index (χ0n) is 11.0. The van der Waals surface area contributed by atoms with E-state index in [-0.39, 0.29) is 12.1 Å². The molecule has 0 saturated heterocycles. The number of benzene rings is 1. The lowest BCUT2D eigenvalue weighted by molar-refractivity contribution is 0.247. The first-order valence-electron chi connectivity index (χ1n) is 6.15. The molecule has 4 N–H and O–H groups in total. The zero-order valence-corrected chi connectivity index (χ0v) is 12.6. The minimum absolute atomic E-state index is 0.0391. The summed E-state index contributed by atoms with van der Waals surface area (Å²) in [6.07, 6.45) is 0.839. The number of hydrogen-bond acceptors (Lipinski definition) is 2. The summed E-state index contributed by atoms with van der Waals surface area (Å²) >= 11 is 11.7. The third kappa shape index (κ3) is 5.68. The van der Waals surface area contributed by atoms with Gasteiger partial charge in [-0.2, -0.15) is 0 Å². The summed E-state index contributed by atoms with van der Waals surface area (Å²) in [5.41, 5.74) is 6.22. The van der Waals surface area contributed by atoms with Crippen LogP contribution in [0.4, 0.5) is 10.5 Å². The molecule has 4 nitrogen and oxygen atoms in total. The smallest absolute Gasteiger partial charge is 0.319 e. The summed E-state index contributed by atoms with van der Waals surface area (Å²) in [4.78, 5) is 11.8. The third-order valence-corrected chi connectivity index (χ3v) is 3.29. The van der Waals surface area contributed by atoms with Gasteiger partial charge in [-0.25, -0.2) is 4.79 Å². The second kappa shape index (κ2) is 7.58. The lowest BCUT2D eigenvalue weighted by atomic mass is 10.0. The molecule has 0 heterocycles. The van der Waals surface area contributed by atoms with Gasteiger partial charge in [0, 0.05) is 18.3 Å². The van der Waals surface area contributed by atoms with Crippen LogP contribution in [0.25, 0.3) is 0 Å². The van der Waals surface area contributed by atoms with Gasteiger partial charge in [0.15, 0.2) is 0 Å². The van der Waals surface area contributed by atoms with Gasteiger partial charge >= 0.3 is 6.03 Å². The van der Waals surface area contributed by atoms with E-state index < -0.39 is 0 Å². The van der Waals surface area contributed by atoms with Gasteiger partial charge in [0.2, 0.25) is 0 Å². The normalized spacial score (nSPS) is 12.3. The average molecular weight is 304 g/mol. The molecule has 1 aromatic rings. The van der Waals surface area contributed by atoms with Crippen molar-refractivity contribution in [3.05, 3.63) is 28.2 Å². The van der Waals surface area contributed by atoms with Crippen molar-refractivity contribution in [1.29, 1.82) is 0 Å². The molecule has 1 aromatic carbocycles. The summed E-state index contributed by atoms with van der Waals surface area (Å²) in [6.45, 7) is 4.58. The Morgan fingerprint density at radius 1 is 1.32 bits per heavy atom. The number of carbonyl (C=O) groups is 1. The molecule has 0 bridgehead atoms. The molecular weight excluding hydrogens is 285 g/mol. The topological polar surface area (TPSA) is 67.1 Å². The predicted molar refractivity (Wildman–Crippen MR) is 80.9 cm³/mol. The molecule has 0 aromatic heterocycles. The van der Waals surface area contributed by atoms with Crippen molar-refractivity contribution < 1.29 is 4.79 Å². The van der Waals surface area contributed by atoms with Gasteiger partial charge in [0.1, 0.15) is 0 Å². The minimum Gasteiger partial charge on any atom is -0.334 e. The van der Waals surface area contributed by atoms with Crippen molar-refractivity contribution in [3.63, 3.8) is 0 Å².